The van der Waals surface area contributed by atoms with Crippen LogP contribution in [0.4, 0.5) is 0 Å². The smallest absolute Gasteiger partial charge is 1.00 e. The summed E-state index contributed by atoms with van der Waals surface area (Å²) in [7, 11) is -4.67. The average molecular weight is 190 g/mol. The molecule has 0 aromatic carbocycles. The van der Waals surface area contributed by atoms with Crippen LogP contribution in [0.3, 0.4) is 0 Å². The quantitative estimate of drug-likeness (QED) is 0.386. The zero-order chi connectivity index (χ0) is 4.50. The minimum Gasteiger partial charge on any atom is -1.00 e. The summed E-state index contributed by atoms with van der Waals surface area (Å²) in [6, 6.07) is 0. The summed E-state index contributed by atoms with van der Waals surface area (Å²) in [6.07, 6.45) is 0. The third-order valence-corrected chi connectivity index (χ3v) is 0. The molecule has 7 heavy (non-hydrogen) atoms. The molecule has 0 spiro atoms. The van der Waals surface area contributed by atoms with Gasteiger partial charge in [-0.15, -0.1) is 0 Å². The molecule has 0 aromatic rings. The molecular formula is H4MgO4SZn. The zero-order valence-electron chi connectivity index (χ0n) is 5.53. The van der Waals surface area contributed by atoms with E-state index in [-0.39, 0.29) is 45.4 Å². The summed E-state index contributed by atoms with van der Waals surface area (Å²) in [4.78, 5) is 0. The summed E-state index contributed by atoms with van der Waals surface area (Å²) in [5, 5.41) is 0. The van der Waals surface area contributed by atoms with Crippen LogP contribution in [0.1, 0.15) is 2.85 Å². The average Bonchev–Trinajstić information content (AvgIpc) is 0.722. The van der Waals surface area contributed by atoms with Crippen LogP contribution < -0.4 is 0 Å². The number of rotatable bonds is 0. The van der Waals surface area contributed by atoms with Gasteiger partial charge in [0.2, 0.25) is 0 Å². The summed E-state index contributed by atoms with van der Waals surface area (Å²) in [5.74, 6) is 0. The molecular weight excluding hydrogens is 186 g/mol. The molecule has 0 bridgehead atoms. The molecule has 4 nitrogen and oxygen atoms in total. The van der Waals surface area contributed by atoms with Crippen LogP contribution in [0.15, 0.2) is 0 Å². The second-order valence-electron chi connectivity index (χ2n) is 0.448. The van der Waals surface area contributed by atoms with Gasteiger partial charge in [-0.1, -0.05) is 0 Å². The first kappa shape index (κ1) is 15.7. The van der Waals surface area contributed by atoms with E-state index in [1.165, 1.54) is 0 Å². The Morgan fingerprint density at radius 3 is 1.29 bits per heavy atom. The standard InChI is InChI=1S/Mg.H2O4S.Zn.2H/c;1-5(2,3)4;;;/h;(H2,1,2,3,4);;;/q+2;;;2*-1. The maximum absolute atomic E-state index is 8.74. The van der Waals surface area contributed by atoms with E-state index < -0.39 is 10.4 Å². The van der Waals surface area contributed by atoms with Crippen molar-refractivity contribution in [1.82, 2.24) is 0 Å². The van der Waals surface area contributed by atoms with Crippen LogP contribution in [0.25, 0.3) is 0 Å². The van der Waals surface area contributed by atoms with E-state index in [1.54, 1.807) is 0 Å². The molecule has 7 heteroatoms. The molecule has 0 saturated carbocycles. The van der Waals surface area contributed by atoms with Crippen LogP contribution in [-0.4, -0.2) is 40.6 Å². The fourth-order valence-electron chi connectivity index (χ4n) is 0. The topological polar surface area (TPSA) is 74.6 Å². The van der Waals surface area contributed by atoms with Gasteiger partial charge in [0.05, 0.1) is 0 Å². The van der Waals surface area contributed by atoms with E-state index >= 15 is 0 Å². The van der Waals surface area contributed by atoms with Gasteiger partial charge in [0.1, 0.15) is 0 Å². The largest absolute Gasteiger partial charge is 2.00 e. The predicted molar refractivity (Wildman–Crippen MR) is 22.2 cm³/mol. The normalized spacial score (nSPS) is 8.29. The second-order valence-corrected chi connectivity index (χ2v) is 1.34. The van der Waals surface area contributed by atoms with E-state index in [4.69, 9.17) is 17.5 Å². The zero-order valence-corrected chi connectivity index (χ0v) is 8.73. The fraction of sp³-hybridized carbons (Fsp3) is 0. The first-order valence-corrected chi connectivity index (χ1v) is 2.10. The van der Waals surface area contributed by atoms with Crippen molar-refractivity contribution >= 4 is 33.5 Å². The van der Waals surface area contributed by atoms with E-state index in [0.717, 1.165) is 0 Å². The van der Waals surface area contributed by atoms with E-state index in [1.807, 2.05) is 0 Å². The van der Waals surface area contributed by atoms with Gasteiger partial charge in [0.25, 0.3) is 0 Å². The summed E-state index contributed by atoms with van der Waals surface area (Å²) in [5.41, 5.74) is 0. The summed E-state index contributed by atoms with van der Waals surface area (Å²) < 4.78 is 31.6. The van der Waals surface area contributed by atoms with Crippen LogP contribution in [-0.2, 0) is 29.9 Å². The van der Waals surface area contributed by atoms with Crippen molar-refractivity contribution in [3.05, 3.63) is 0 Å². The van der Waals surface area contributed by atoms with Gasteiger partial charge in [-0.25, -0.2) is 0 Å². The maximum Gasteiger partial charge on any atom is 2.00 e. The fourth-order valence-corrected chi connectivity index (χ4v) is 0. The third-order valence-electron chi connectivity index (χ3n) is 0. The Morgan fingerprint density at radius 1 is 1.29 bits per heavy atom. The number of hydrogen-bond acceptors (Lipinski definition) is 2. The van der Waals surface area contributed by atoms with E-state index in [0.29, 0.717) is 0 Å². The van der Waals surface area contributed by atoms with Crippen molar-refractivity contribution in [2.75, 3.05) is 0 Å². The molecule has 0 atom stereocenters. The first-order chi connectivity index (χ1) is 2.00. The van der Waals surface area contributed by atoms with Crippen LogP contribution >= 0.6 is 0 Å². The summed E-state index contributed by atoms with van der Waals surface area (Å²) >= 11 is 0. The molecule has 0 radical (unpaired) electrons. The molecule has 0 fully saturated rings. The van der Waals surface area contributed by atoms with Gasteiger partial charge in [-0.3, -0.25) is 9.11 Å². The van der Waals surface area contributed by atoms with Gasteiger partial charge in [-0.2, -0.15) is 8.42 Å². The van der Waals surface area contributed by atoms with Crippen molar-refractivity contribution in [3.8, 4) is 0 Å². The second kappa shape index (κ2) is 5.40. The SMILES string of the molecule is O=S(=O)(O)O.[H-].[H-].[Mg+2].[Zn]. The third kappa shape index (κ3) is 127. The maximum atomic E-state index is 8.74. The van der Waals surface area contributed by atoms with Crippen molar-refractivity contribution in [2.24, 2.45) is 0 Å². The van der Waals surface area contributed by atoms with Gasteiger partial charge in [0, 0.05) is 19.5 Å². The van der Waals surface area contributed by atoms with Gasteiger partial charge < -0.3 is 2.85 Å². The Balaban J connectivity index is -0.0000000133. The molecule has 2 N–H and O–H groups in total. The molecule has 0 saturated heterocycles. The molecule has 0 unspecified atom stereocenters. The minimum atomic E-state index is -4.67. The Hall–Kier alpha value is 1.26. The van der Waals surface area contributed by atoms with Crippen molar-refractivity contribution < 1.29 is 39.9 Å². The molecule has 0 aliphatic carbocycles. The Labute approximate surface area is 73.1 Å². The van der Waals surface area contributed by atoms with Gasteiger partial charge in [-0.05, 0) is 0 Å². The Morgan fingerprint density at radius 2 is 1.29 bits per heavy atom. The molecule has 38 valence electrons. The first-order valence-electron chi connectivity index (χ1n) is 0.698. The Kier molecular flexibility index (Phi) is 12.1. The van der Waals surface area contributed by atoms with Crippen molar-refractivity contribution in [3.63, 3.8) is 0 Å². The molecule has 0 rings (SSSR count). The van der Waals surface area contributed by atoms with E-state index in [2.05, 4.69) is 0 Å². The van der Waals surface area contributed by atoms with E-state index in [9.17, 15) is 0 Å². The summed E-state index contributed by atoms with van der Waals surface area (Å²) in [6.45, 7) is 0. The molecule has 0 aliphatic heterocycles. The van der Waals surface area contributed by atoms with Crippen molar-refractivity contribution in [1.29, 1.82) is 0 Å². The van der Waals surface area contributed by atoms with Crippen LogP contribution in [0.5, 0.6) is 0 Å². The minimum absolute atomic E-state index is 0. The van der Waals surface area contributed by atoms with Crippen LogP contribution in [0, 0.1) is 0 Å². The van der Waals surface area contributed by atoms with Crippen LogP contribution in [0.2, 0.25) is 0 Å². The molecule has 0 aromatic heterocycles. The van der Waals surface area contributed by atoms with Crippen molar-refractivity contribution in [2.45, 2.75) is 0 Å². The van der Waals surface area contributed by atoms with Gasteiger partial charge >= 0.3 is 33.5 Å². The molecule has 0 amide bonds. The molecule has 0 heterocycles. The predicted octanol–water partition coefficient (Wildman–Crippen LogP) is -0.811. The van der Waals surface area contributed by atoms with Gasteiger partial charge in [0.15, 0.2) is 0 Å². The Bertz CT molecular complexity index is 102. The monoisotopic (exact) mass is 188 g/mol. The number of hydrogen-bond donors (Lipinski definition) is 2. The molecule has 0 aliphatic rings.